The van der Waals surface area contributed by atoms with E-state index in [9.17, 15) is 0 Å². The zero-order valence-corrected chi connectivity index (χ0v) is 13.4. The van der Waals surface area contributed by atoms with Crippen LogP contribution in [0.3, 0.4) is 0 Å². The largest absolute Gasteiger partial charge is 0.366 e. The number of rotatable bonds is 3. The van der Waals surface area contributed by atoms with Crippen LogP contribution < -0.4 is 10.2 Å². The molecular formula is C19H26N2. The van der Waals surface area contributed by atoms with Crippen molar-refractivity contribution in [2.24, 2.45) is 0 Å². The normalized spacial score (nSPS) is 21.7. The molecule has 0 aliphatic carbocycles. The third kappa shape index (κ3) is 2.65. The second kappa shape index (κ2) is 5.69. The van der Waals surface area contributed by atoms with Crippen LogP contribution >= 0.6 is 0 Å². The van der Waals surface area contributed by atoms with E-state index < -0.39 is 0 Å². The van der Waals surface area contributed by atoms with Crippen LogP contribution in [-0.4, -0.2) is 24.7 Å². The summed E-state index contributed by atoms with van der Waals surface area (Å²) >= 11 is 0. The standard InChI is InChI=1S/C19H26N2/c1-4-19(5-2)14-21(15(3)13-20-19)18-11-10-16-8-6-7-9-17(16)12-18/h6-12,15,20H,4-5,13-14H2,1-3H3. The van der Waals surface area contributed by atoms with Gasteiger partial charge in [-0.05, 0) is 42.7 Å². The van der Waals surface area contributed by atoms with Crippen molar-refractivity contribution in [2.45, 2.75) is 45.2 Å². The summed E-state index contributed by atoms with van der Waals surface area (Å²) < 4.78 is 0. The van der Waals surface area contributed by atoms with Gasteiger partial charge in [-0.15, -0.1) is 0 Å². The second-order valence-electron chi connectivity index (χ2n) is 6.38. The van der Waals surface area contributed by atoms with Gasteiger partial charge in [0.25, 0.3) is 0 Å². The van der Waals surface area contributed by atoms with E-state index >= 15 is 0 Å². The third-order valence-corrected chi connectivity index (χ3v) is 5.20. The molecule has 0 amide bonds. The van der Waals surface area contributed by atoms with Crippen molar-refractivity contribution in [1.82, 2.24) is 5.32 Å². The predicted molar refractivity (Wildman–Crippen MR) is 92.1 cm³/mol. The number of piperazine rings is 1. The highest BCUT2D eigenvalue weighted by Crippen LogP contribution is 2.29. The number of hydrogen-bond acceptors (Lipinski definition) is 2. The van der Waals surface area contributed by atoms with Crippen LogP contribution in [-0.2, 0) is 0 Å². The smallest absolute Gasteiger partial charge is 0.0387 e. The van der Waals surface area contributed by atoms with Crippen LogP contribution in [0.25, 0.3) is 10.8 Å². The SMILES string of the molecule is CCC1(CC)CN(c2ccc3ccccc3c2)C(C)CN1. The minimum absolute atomic E-state index is 0.262. The van der Waals surface area contributed by atoms with E-state index in [1.165, 1.54) is 29.3 Å². The van der Waals surface area contributed by atoms with Gasteiger partial charge in [-0.1, -0.05) is 44.2 Å². The molecule has 0 spiro atoms. The summed E-state index contributed by atoms with van der Waals surface area (Å²) in [5, 5.41) is 6.43. The summed E-state index contributed by atoms with van der Waals surface area (Å²) in [4.78, 5) is 2.58. The van der Waals surface area contributed by atoms with E-state index in [4.69, 9.17) is 0 Å². The molecule has 112 valence electrons. The summed E-state index contributed by atoms with van der Waals surface area (Å²) in [6.45, 7) is 9.07. The van der Waals surface area contributed by atoms with Crippen molar-refractivity contribution >= 4 is 16.5 Å². The lowest BCUT2D eigenvalue weighted by Crippen LogP contribution is -2.63. The summed E-state index contributed by atoms with van der Waals surface area (Å²) in [5.74, 6) is 0. The third-order valence-electron chi connectivity index (χ3n) is 5.20. The maximum absolute atomic E-state index is 3.78. The molecule has 1 unspecified atom stereocenters. The van der Waals surface area contributed by atoms with Gasteiger partial charge in [0.15, 0.2) is 0 Å². The molecule has 1 aliphatic rings. The lowest BCUT2D eigenvalue weighted by molar-refractivity contribution is 0.254. The number of nitrogens with zero attached hydrogens (tertiary/aromatic N) is 1. The van der Waals surface area contributed by atoms with Crippen LogP contribution in [0.4, 0.5) is 5.69 Å². The predicted octanol–water partition coefficient (Wildman–Crippen LogP) is 4.20. The summed E-state index contributed by atoms with van der Waals surface area (Å²) in [6.07, 6.45) is 2.36. The van der Waals surface area contributed by atoms with Crippen LogP contribution in [0.5, 0.6) is 0 Å². The van der Waals surface area contributed by atoms with Crippen LogP contribution in [0, 0.1) is 0 Å². The summed E-state index contributed by atoms with van der Waals surface area (Å²) in [5.41, 5.74) is 1.62. The molecule has 1 aliphatic heterocycles. The molecule has 2 aromatic rings. The van der Waals surface area contributed by atoms with Crippen molar-refractivity contribution in [3.63, 3.8) is 0 Å². The van der Waals surface area contributed by atoms with Gasteiger partial charge in [0.2, 0.25) is 0 Å². The molecule has 1 heterocycles. The monoisotopic (exact) mass is 282 g/mol. The maximum atomic E-state index is 3.78. The van der Waals surface area contributed by atoms with Gasteiger partial charge in [0.05, 0.1) is 0 Å². The molecule has 1 N–H and O–H groups in total. The lowest BCUT2D eigenvalue weighted by Gasteiger charge is -2.47. The first kappa shape index (κ1) is 14.4. The van der Waals surface area contributed by atoms with E-state index in [-0.39, 0.29) is 5.54 Å². The average Bonchev–Trinajstić information content (AvgIpc) is 2.55. The Morgan fingerprint density at radius 2 is 1.81 bits per heavy atom. The van der Waals surface area contributed by atoms with E-state index in [1.54, 1.807) is 0 Å². The Balaban J connectivity index is 1.95. The zero-order valence-electron chi connectivity index (χ0n) is 13.4. The molecule has 21 heavy (non-hydrogen) atoms. The number of fused-ring (bicyclic) bond motifs is 1. The Kier molecular flexibility index (Phi) is 3.90. The molecular weight excluding hydrogens is 256 g/mol. The molecule has 0 saturated carbocycles. The molecule has 1 saturated heterocycles. The van der Waals surface area contributed by atoms with Crippen molar-refractivity contribution < 1.29 is 0 Å². The minimum Gasteiger partial charge on any atom is -0.366 e. The lowest BCUT2D eigenvalue weighted by atomic mass is 9.88. The first-order valence-electron chi connectivity index (χ1n) is 8.18. The quantitative estimate of drug-likeness (QED) is 0.907. The first-order chi connectivity index (χ1) is 10.2. The molecule has 2 heteroatoms. The van der Waals surface area contributed by atoms with Gasteiger partial charge < -0.3 is 10.2 Å². The average molecular weight is 282 g/mol. The van der Waals surface area contributed by atoms with E-state index in [0.717, 1.165) is 13.1 Å². The summed E-state index contributed by atoms with van der Waals surface area (Å²) in [6, 6.07) is 16.0. The van der Waals surface area contributed by atoms with Crippen molar-refractivity contribution in [2.75, 3.05) is 18.0 Å². The van der Waals surface area contributed by atoms with Crippen LogP contribution in [0.15, 0.2) is 42.5 Å². The van der Waals surface area contributed by atoms with Crippen molar-refractivity contribution in [1.29, 1.82) is 0 Å². The molecule has 1 fully saturated rings. The fraction of sp³-hybridized carbons (Fsp3) is 0.474. The Bertz CT molecular complexity index is 616. The van der Waals surface area contributed by atoms with E-state index in [2.05, 4.69) is 73.5 Å². The van der Waals surface area contributed by atoms with Crippen molar-refractivity contribution in [3.05, 3.63) is 42.5 Å². The van der Waals surface area contributed by atoms with Crippen molar-refractivity contribution in [3.8, 4) is 0 Å². The Morgan fingerprint density at radius 3 is 2.52 bits per heavy atom. The van der Waals surface area contributed by atoms with Gasteiger partial charge in [-0.2, -0.15) is 0 Å². The Hall–Kier alpha value is -1.54. The number of anilines is 1. The fourth-order valence-electron chi connectivity index (χ4n) is 3.44. The Labute approximate surface area is 128 Å². The molecule has 2 aromatic carbocycles. The molecule has 3 rings (SSSR count). The molecule has 1 atom stereocenters. The molecule has 0 radical (unpaired) electrons. The van der Waals surface area contributed by atoms with Gasteiger partial charge in [0.1, 0.15) is 0 Å². The van der Waals surface area contributed by atoms with Gasteiger partial charge >= 0.3 is 0 Å². The number of benzene rings is 2. The number of hydrogen-bond donors (Lipinski definition) is 1. The molecule has 0 aromatic heterocycles. The van der Waals surface area contributed by atoms with Gasteiger partial charge in [0, 0.05) is 30.4 Å². The van der Waals surface area contributed by atoms with Crippen LogP contribution in [0.1, 0.15) is 33.6 Å². The van der Waals surface area contributed by atoms with E-state index in [1.807, 2.05) is 0 Å². The fourth-order valence-corrected chi connectivity index (χ4v) is 3.44. The Morgan fingerprint density at radius 1 is 1.10 bits per heavy atom. The highest BCUT2D eigenvalue weighted by molar-refractivity contribution is 5.86. The first-order valence-corrected chi connectivity index (χ1v) is 8.18. The van der Waals surface area contributed by atoms with Gasteiger partial charge in [-0.25, -0.2) is 0 Å². The highest BCUT2D eigenvalue weighted by Gasteiger charge is 2.35. The van der Waals surface area contributed by atoms with E-state index in [0.29, 0.717) is 6.04 Å². The molecule has 2 nitrogen and oxygen atoms in total. The maximum Gasteiger partial charge on any atom is 0.0387 e. The highest BCUT2D eigenvalue weighted by atomic mass is 15.3. The second-order valence-corrected chi connectivity index (χ2v) is 6.38. The minimum atomic E-state index is 0.262. The topological polar surface area (TPSA) is 15.3 Å². The summed E-state index contributed by atoms with van der Waals surface area (Å²) in [7, 11) is 0. The number of nitrogens with one attached hydrogen (secondary N) is 1. The van der Waals surface area contributed by atoms with Crippen LogP contribution in [0.2, 0.25) is 0 Å². The molecule has 0 bridgehead atoms. The zero-order chi connectivity index (χ0) is 14.9. The van der Waals surface area contributed by atoms with Gasteiger partial charge in [-0.3, -0.25) is 0 Å².